The molecule has 3 nitrogen and oxygen atoms in total. The second-order valence-electron chi connectivity index (χ2n) is 6.92. The minimum atomic E-state index is 0.149. The van der Waals surface area contributed by atoms with Crippen molar-refractivity contribution >= 4 is 11.5 Å². The number of amidine groups is 1. The summed E-state index contributed by atoms with van der Waals surface area (Å²) in [7, 11) is 2.19. The fourth-order valence-corrected chi connectivity index (χ4v) is 3.15. The molecule has 1 saturated carbocycles. The number of hydrogen-bond donors (Lipinski definition) is 2. The van der Waals surface area contributed by atoms with Crippen LogP contribution in [0.5, 0.6) is 0 Å². The average molecular weight is 273 g/mol. The minimum Gasteiger partial charge on any atom is -0.384 e. The third kappa shape index (κ3) is 3.14. The van der Waals surface area contributed by atoms with Crippen molar-refractivity contribution in [3.8, 4) is 0 Å². The molecule has 0 aromatic heterocycles. The van der Waals surface area contributed by atoms with Crippen LogP contribution in [0.3, 0.4) is 0 Å². The van der Waals surface area contributed by atoms with Crippen molar-refractivity contribution in [1.82, 2.24) is 0 Å². The van der Waals surface area contributed by atoms with E-state index in [4.69, 9.17) is 11.1 Å². The van der Waals surface area contributed by atoms with Gasteiger partial charge in [0, 0.05) is 24.3 Å². The summed E-state index contributed by atoms with van der Waals surface area (Å²) >= 11 is 0. The highest BCUT2D eigenvalue weighted by Crippen LogP contribution is 2.37. The second kappa shape index (κ2) is 5.47. The third-order valence-corrected chi connectivity index (χ3v) is 4.76. The summed E-state index contributed by atoms with van der Waals surface area (Å²) in [5.74, 6) is 0.149. The summed E-state index contributed by atoms with van der Waals surface area (Å²) < 4.78 is 0. The maximum absolute atomic E-state index is 7.56. The molecule has 0 radical (unpaired) electrons. The largest absolute Gasteiger partial charge is 0.384 e. The fraction of sp³-hybridized carbons (Fsp3) is 0.588. The van der Waals surface area contributed by atoms with Gasteiger partial charge in [-0.05, 0) is 61.8 Å². The molecule has 0 heterocycles. The van der Waals surface area contributed by atoms with Gasteiger partial charge in [0.05, 0.1) is 0 Å². The molecule has 1 fully saturated rings. The number of hydrogen-bond acceptors (Lipinski definition) is 2. The number of nitrogens with zero attached hydrogens (tertiary/aromatic N) is 1. The van der Waals surface area contributed by atoms with Gasteiger partial charge < -0.3 is 10.6 Å². The van der Waals surface area contributed by atoms with Crippen LogP contribution >= 0.6 is 0 Å². The predicted octanol–water partition coefficient (Wildman–Crippen LogP) is 3.68. The Labute approximate surface area is 122 Å². The van der Waals surface area contributed by atoms with E-state index in [0.717, 1.165) is 11.1 Å². The Kier molecular flexibility index (Phi) is 4.07. The lowest BCUT2D eigenvalue weighted by atomic mass is 9.75. The summed E-state index contributed by atoms with van der Waals surface area (Å²) in [6, 6.07) is 6.83. The van der Waals surface area contributed by atoms with Crippen molar-refractivity contribution < 1.29 is 0 Å². The van der Waals surface area contributed by atoms with Crippen LogP contribution in [0.1, 0.15) is 50.7 Å². The van der Waals surface area contributed by atoms with E-state index in [2.05, 4.69) is 37.9 Å². The van der Waals surface area contributed by atoms with Gasteiger partial charge >= 0.3 is 0 Å². The number of anilines is 1. The number of benzene rings is 1. The molecule has 110 valence electrons. The summed E-state index contributed by atoms with van der Waals surface area (Å²) in [5.41, 5.74) is 9.24. The molecule has 3 N–H and O–H groups in total. The first kappa shape index (κ1) is 14.9. The van der Waals surface area contributed by atoms with E-state index in [9.17, 15) is 0 Å². The summed E-state index contributed by atoms with van der Waals surface area (Å²) in [4.78, 5) is 2.39. The molecular weight excluding hydrogens is 246 g/mol. The second-order valence-corrected chi connectivity index (χ2v) is 6.92. The SMILES string of the molecule is Cc1cc(N(C)C2CCC(C)(C)CC2)ccc1C(=N)N. The van der Waals surface area contributed by atoms with Crippen LogP contribution in [0, 0.1) is 17.7 Å². The zero-order valence-corrected chi connectivity index (χ0v) is 13.2. The van der Waals surface area contributed by atoms with Crippen LogP contribution in [0.4, 0.5) is 5.69 Å². The molecule has 2 rings (SSSR count). The molecule has 0 spiro atoms. The fourth-order valence-electron chi connectivity index (χ4n) is 3.15. The monoisotopic (exact) mass is 273 g/mol. The molecular formula is C17H27N3. The molecule has 1 aliphatic carbocycles. The highest BCUT2D eigenvalue weighted by molar-refractivity contribution is 5.96. The third-order valence-electron chi connectivity index (χ3n) is 4.76. The smallest absolute Gasteiger partial charge is 0.123 e. The predicted molar refractivity (Wildman–Crippen MR) is 86.6 cm³/mol. The highest BCUT2D eigenvalue weighted by atomic mass is 15.1. The first-order chi connectivity index (χ1) is 9.30. The van der Waals surface area contributed by atoms with Crippen LogP contribution in [-0.2, 0) is 0 Å². The Bertz CT molecular complexity index is 495. The molecule has 20 heavy (non-hydrogen) atoms. The van der Waals surface area contributed by atoms with Crippen molar-refractivity contribution in [2.45, 2.75) is 52.5 Å². The Hall–Kier alpha value is -1.51. The van der Waals surface area contributed by atoms with Gasteiger partial charge in [0.2, 0.25) is 0 Å². The van der Waals surface area contributed by atoms with Crippen LogP contribution in [0.15, 0.2) is 18.2 Å². The lowest BCUT2D eigenvalue weighted by molar-refractivity contribution is 0.222. The molecule has 0 amide bonds. The Balaban J connectivity index is 2.12. The standard InChI is InChI=1S/C17H27N3/c1-12-11-14(5-6-15(12)16(18)19)20(4)13-7-9-17(2,3)10-8-13/h5-6,11,13H,7-10H2,1-4H3,(H3,18,19). The van der Waals surface area contributed by atoms with E-state index < -0.39 is 0 Å². The molecule has 0 unspecified atom stereocenters. The molecule has 3 heteroatoms. The lowest BCUT2D eigenvalue weighted by Crippen LogP contribution is -2.37. The molecule has 0 bridgehead atoms. The maximum atomic E-state index is 7.56. The van der Waals surface area contributed by atoms with Crippen molar-refractivity contribution in [1.29, 1.82) is 5.41 Å². The molecule has 0 saturated heterocycles. The lowest BCUT2D eigenvalue weighted by Gasteiger charge is -2.39. The molecule has 0 atom stereocenters. The van der Waals surface area contributed by atoms with Crippen molar-refractivity contribution in [3.63, 3.8) is 0 Å². The van der Waals surface area contributed by atoms with E-state index in [1.165, 1.54) is 31.4 Å². The van der Waals surface area contributed by atoms with Gasteiger partial charge in [0.25, 0.3) is 0 Å². The molecule has 0 aliphatic heterocycles. The minimum absolute atomic E-state index is 0.149. The topological polar surface area (TPSA) is 53.1 Å². The number of rotatable bonds is 3. The van der Waals surface area contributed by atoms with E-state index in [1.807, 2.05) is 13.0 Å². The van der Waals surface area contributed by atoms with Gasteiger partial charge in [0.1, 0.15) is 5.84 Å². The average Bonchev–Trinajstić information content (AvgIpc) is 2.37. The maximum Gasteiger partial charge on any atom is 0.123 e. The van der Waals surface area contributed by atoms with E-state index in [1.54, 1.807) is 0 Å². The van der Waals surface area contributed by atoms with Gasteiger partial charge in [0.15, 0.2) is 0 Å². The summed E-state index contributed by atoms with van der Waals surface area (Å²) in [6.45, 7) is 6.77. The molecule has 1 aromatic carbocycles. The highest BCUT2D eigenvalue weighted by Gasteiger charge is 2.29. The quantitative estimate of drug-likeness (QED) is 0.652. The number of aryl methyl sites for hydroxylation is 1. The normalized spacial score (nSPS) is 18.8. The molecule has 1 aliphatic rings. The van der Waals surface area contributed by atoms with E-state index in [0.29, 0.717) is 11.5 Å². The van der Waals surface area contributed by atoms with Crippen LogP contribution in [0.2, 0.25) is 0 Å². The van der Waals surface area contributed by atoms with Crippen LogP contribution in [0.25, 0.3) is 0 Å². The molecule has 1 aromatic rings. The summed E-state index contributed by atoms with van der Waals surface area (Å²) in [5, 5.41) is 7.56. The number of nitrogens with two attached hydrogens (primary N) is 1. The van der Waals surface area contributed by atoms with E-state index in [-0.39, 0.29) is 5.84 Å². The van der Waals surface area contributed by atoms with Gasteiger partial charge in [-0.25, -0.2) is 0 Å². The first-order valence-electron chi connectivity index (χ1n) is 7.48. The van der Waals surface area contributed by atoms with Crippen molar-refractivity contribution in [3.05, 3.63) is 29.3 Å². The van der Waals surface area contributed by atoms with E-state index >= 15 is 0 Å². The van der Waals surface area contributed by atoms with Crippen molar-refractivity contribution in [2.75, 3.05) is 11.9 Å². The number of nitrogens with one attached hydrogen (secondary N) is 1. The summed E-state index contributed by atoms with van der Waals surface area (Å²) in [6.07, 6.45) is 5.12. The van der Waals surface area contributed by atoms with Gasteiger partial charge in [-0.1, -0.05) is 13.8 Å². The van der Waals surface area contributed by atoms with Crippen LogP contribution in [-0.4, -0.2) is 18.9 Å². The Morgan fingerprint density at radius 3 is 2.40 bits per heavy atom. The Morgan fingerprint density at radius 1 is 1.30 bits per heavy atom. The Morgan fingerprint density at radius 2 is 1.90 bits per heavy atom. The zero-order chi connectivity index (χ0) is 14.9. The zero-order valence-electron chi connectivity index (χ0n) is 13.2. The van der Waals surface area contributed by atoms with Gasteiger partial charge in [-0.2, -0.15) is 0 Å². The number of nitrogen functional groups attached to an aromatic ring is 1. The van der Waals surface area contributed by atoms with Gasteiger partial charge in [-0.15, -0.1) is 0 Å². The van der Waals surface area contributed by atoms with Gasteiger partial charge in [-0.3, -0.25) is 5.41 Å². The van der Waals surface area contributed by atoms with Crippen LogP contribution < -0.4 is 10.6 Å². The first-order valence-corrected chi connectivity index (χ1v) is 7.48. The van der Waals surface area contributed by atoms with Crippen molar-refractivity contribution in [2.24, 2.45) is 11.1 Å².